The molecule has 1 heterocycles. The zero-order valence-electron chi connectivity index (χ0n) is 7.46. The Hall–Kier alpha value is -0.410. The lowest BCUT2D eigenvalue weighted by molar-refractivity contribution is 0.251. The topological polar surface area (TPSA) is 38.9 Å². The van der Waals surface area contributed by atoms with E-state index in [0.29, 0.717) is 0 Å². The number of hydrogen-bond acceptors (Lipinski definition) is 2. The fourth-order valence-corrected chi connectivity index (χ4v) is 2.64. The Kier molecular flexibility index (Phi) is 2.39. The third kappa shape index (κ3) is 1.40. The van der Waals surface area contributed by atoms with Crippen LogP contribution in [-0.4, -0.2) is 11.5 Å². The average molecular weight is 241 g/mol. The number of nitrogens with two attached hydrogens (primary N) is 1. The van der Waals surface area contributed by atoms with Crippen molar-refractivity contribution in [3.05, 3.63) is 28.5 Å². The van der Waals surface area contributed by atoms with Crippen LogP contribution in [0.4, 0.5) is 0 Å². The molecule has 1 aliphatic rings. The molecule has 0 saturated heterocycles. The molecule has 1 saturated carbocycles. The zero-order valence-corrected chi connectivity index (χ0v) is 9.05. The van der Waals surface area contributed by atoms with Crippen molar-refractivity contribution >= 4 is 15.9 Å². The van der Waals surface area contributed by atoms with E-state index in [0.717, 1.165) is 11.1 Å². The second kappa shape index (κ2) is 3.39. The summed E-state index contributed by atoms with van der Waals surface area (Å²) in [6, 6.07) is 4.11. The fraction of sp³-hybridized carbons (Fsp3) is 0.500. The van der Waals surface area contributed by atoms with E-state index >= 15 is 0 Å². The Bertz CT molecular complexity index is 302. The predicted octanol–water partition coefficient (Wildman–Crippen LogP) is 2.22. The van der Waals surface area contributed by atoms with Crippen LogP contribution in [0.1, 0.15) is 24.8 Å². The molecule has 3 heteroatoms. The van der Waals surface area contributed by atoms with Crippen LogP contribution in [0, 0.1) is 0 Å². The Morgan fingerprint density at radius 1 is 1.54 bits per heavy atom. The highest BCUT2D eigenvalue weighted by molar-refractivity contribution is 9.10. The van der Waals surface area contributed by atoms with Crippen molar-refractivity contribution in [1.29, 1.82) is 0 Å². The van der Waals surface area contributed by atoms with Gasteiger partial charge in [-0.05, 0) is 40.4 Å². The minimum absolute atomic E-state index is 0.215. The molecular weight excluding hydrogens is 228 g/mol. The number of hydrogen-bond donors (Lipinski definition) is 1. The Morgan fingerprint density at radius 2 is 2.31 bits per heavy atom. The maximum absolute atomic E-state index is 5.82. The van der Waals surface area contributed by atoms with Gasteiger partial charge in [0.25, 0.3) is 0 Å². The van der Waals surface area contributed by atoms with Gasteiger partial charge in [0.1, 0.15) is 4.60 Å². The zero-order chi connectivity index (χ0) is 9.31. The van der Waals surface area contributed by atoms with Gasteiger partial charge in [0, 0.05) is 18.2 Å². The number of nitrogens with zero attached hydrogens (tertiary/aromatic N) is 1. The van der Waals surface area contributed by atoms with Crippen molar-refractivity contribution in [1.82, 2.24) is 4.98 Å². The van der Waals surface area contributed by atoms with E-state index in [2.05, 4.69) is 27.0 Å². The van der Waals surface area contributed by atoms with Gasteiger partial charge >= 0.3 is 0 Å². The van der Waals surface area contributed by atoms with Crippen molar-refractivity contribution < 1.29 is 0 Å². The second-order valence-electron chi connectivity index (χ2n) is 3.68. The molecule has 0 amide bonds. The molecule has 1 aromatic rings. The number of rotatable bonds is 2. The highest BCUT2D eigenvalue weighted by Crippen LogP contribution is 2.44. The third-order valence-corrected chi connectivity index (χ3v) is 3.66. The van der Waals surface area contributed by atoms with Gasteiger partial charge in [-0.2, -0.15) is 0 Å². The third-order valence-electron chi connectivity index (χ3n) is 3.03. The van der Waals surface area contributed by atoms with Crippen molar-refractivity contribution in [2.45, 2.75) is 24.7 Å². The van der Waals surface area contributed by atoms with Crippen LogP contribution in [0.3, 0.4) is 0 Å². The molecule has 0 spiro atoms. The predicted molar refractivity (Wildman–Crippen MR) is 56.5 cm³/mol. The summed E-state index contributed by atoms with van der Waals surface area (Å²) in [4.78, 5) is 4.24. The van der Waals surface area contributed by atoms with Gasteiger partial charge in [-0.3, -0.25) is 0 Å². The maximum Gasteiger partial charge on any atom is 0.109 e. The molecule has 0 aromatic carbocycles. The number of aromatic nitrogens is 1. The molecule has 0 bridgehead atoms. The average Bonchev–Trinajstić information content (AvgIpc) is 2.07. The van der Waals surface area contributed by atoms with Crippen LogP contribution in [0.15, 0.2) is 22.9 Å². The quantitative estimate of drug-likeness (QED) is 0.806. The van der Waals surface area contributed by atoms with Crippen molar-refractivity contribution in [2.24, 2.45) is 5.73 Å². The molecule has 1 aliphatic carbocycles. The molecule has 0 radical (unpaired) electrons. The van der Waals surface area contributed by atoms with Crippen molar-refractivity contribution in [3.63, 3.8) is 0 Å². The summed E-state index contributed by atoms with van der Waals surface area (Å²) >= 11 is 3.48. The van der Waals surface area contributed by atoms with Gasteiger partial charge in [0.2, 0.25) is 0 Å². The van der Waals surface area contributed by atoms with Crippen LogP contribution in [-0.2, 0) is 5.41 Å². The lowest BCUT2D eigenvalue weighted by Crippen LogP contribution is -2.41. The monoisotopic (exact) mass is 240 g/mol. The first kappa shape index (κ1) is 9.16. The molecule has 13 heavy (non-hydrogen) atoms. The largest absolute Gasteiger partial charge is 0.330 e. The van der Waals surface area contributed by atoms with Gasteiger partial charge in [0.05, 0.1) is 0 Å². The molecule has 1 fully saturated rings. The molecule has 1 aromatic heterocycles. The minimum Gasteiger partial charge on any atom is -0.330 e. The fourth-order valence-electron chi connectivity index (χ4n) is 1.97. The first-order valence-corrected chi connectivity index (χ1v) is 5.39. The summed E-state index contributed by atoms with van der Waals surface area (Å²) in [5, 5.41) is 0. The summed E-state index contributed by atoms with van der Waals surface area (Å²) in [6.45, 7) is 0.733. The van der Waals surface area contributed by atoms with Crippen LogP contribution in [0.2, 0.25) is 0 Å². The molecule has 2 N–H and O–H groups in total. The van der Waals surface area contributed by atoms with E-state index in [4.69, 9.17) is 5.73 Å². The Labute approximate surface area is 86.7 Å². The van der Waals surface area contributed by atoms with Crippen molar-refractivity contribution in [2.75, 3.05) is 6.54 Å². The van der Waals surface area contributed by atoms with Crippen LogP contribution < -0.4 is 5.73 Å². The van der Waals surface area contributed by atoms with E-state index in [1.165, 1.54) is 24.8 Å². The summed E-state index contributed by atoms with van der Waals surface area (Å²) < 4.78 is 0.958. The first-order valence-electron chi connectivity index (χ1n) is 4.60. The second-order valence-corrected chi connectivity index (χ2v) is 4.43. The molecule has 0 aliphatic heterocycles. The van der Waals surface area contributed by atoms with E-state index < -0.39 is 0 Å². The van der Waals surface area contributed by atoms with Gasteiger partial charge in [0.15, 0.2) is 0 Å². The normalized spacial score (nSPS) is 19.5. The summed E-state index contributed by atoms with van der Waals surface area (Å²) in [6.07, 6.45) is 5.50. The van der Waals surface area contributed by atoms with Crippen LogP contribution in [0.25, 0.3) is 0 Å². The standard InChI is InChI=1S/C10H13BrN2/c11-9-8(3-1-6-13-9)10(7-12)4-2-5-10/h1,3,6H,2,4-5,7,12H2. The highest BCUT2D eigenvalue weighted by atomic mass is 79.9. The SMILES string of the molecule is NCC1(c2cccnc2Br)CCC1. The Morgan fingerprint density at radius 3 is 2.77 bits per heavy atom. The summed E-state index contributed by atoms with van der Waals surface area (Å²) in [5.41, 5.74) is 7.32. The molecule has 0 unspecified atom stereocenters. The Balaban J connectivity index is 2.38. The van der Waals surface area contributed by atoms with E-state index in [-0.39, 0.29) is 5.41 Å². The first-order chi connectivity index (χ1) is 6.28. The summed E-state index contributed by atoms with van der Waals surface area (Å²) in [7, 11) is 0. The minimum atomic E-state index is 0.215. The van der Waals surface area contributed by atoms with E-state index in [1.807, 2.05) is 6.07 Å². The van der Waals surface area contributed by atoms with E-state index in [9.17, 15) is 0 Å². The maximum atomic E-state index is 5.82. The van der Waals surface area contributed by atoms with Crippen molar-refractivity contribution in [3.8, 4) is 0 Å². The van der Waals surface area contributed by atoms with Gasteiger partial charge in [-0.25, -0.2) is 4.98 Å². The molecule has 2 nitrogen and oxygen atoms in total. The smallest absolute Gasteiger partial charge is 0.109 e. The van der Waals surface area contributed by atoms with Crippen LogP contribution >= 0.6 is 15.9 Å². The highest BCUT2D eigenvalue weighted by Gasteiger charge is 2.38. The lowest BCUT2D eigenvalue weighted by Gasteiger charge is -2.41. The molecule has 2 rings (SSSR count). The van der Waals surface area contributed by atoms with Crippen LogP contribution in [0.5, 0.6) is 0 Å². The lowest BCUT2D eigenvalue weighted by atomic mass is 9.65. The van der Waals surface area contributed by atoms with Gasteiger partial charge in [-0.1, -0.05) is 12.5 Å². The molecular formula is C10H13BrN2. The van der Waals surface area contributed by atoms with E-state index in [1.54, 1.807) is 6.20 Å². The van der Waals surface area contributed by atoms with Gasteiger partial charge in [-0.15, -0.1) is 0 Å². The molecule has 70 valence electrons. The number of pyridine rings is 1. The summed E-state index contributed by atoms with van der Waals surface area (Å²) in [5.74, 6) is 0. The molecule has 0 atom stereocenters. The number of halogens is 1. The van der Waals surface area contributed by atoms with Gasteiger partial charge < -0.3 is 5.73 Å².